The fourth-order valence-corrected chi connectivity index (χ4v) is 2.33. The van der Waals surface area contributed by atoms with Gasteiger partial charge in [0.25, 0.3) is 5.91 Å². The number of hydroxylamine groups is 2. The van der Waals surface area contributed by atoms with Crippen molar-refractivity contribution in [3.63, 3.8) is 0 Å². The molecule has 1 saturated heterocycles. The van der Waals surface area contributed by atoms with Crippen LogP contribution in [0.4, 0.5) is 4.79 Å². The van der Waals surface area contributed by atoms with Gasteiger partial charge in [0, 0.05) is 6.42 Å². The van der Waals surface area contributed by atoms with Crippen molar-refractivity contribution in [2.24, 2.45) is 0 Å². The van der Waals surface area contributed by atoms with Crippen LogP contribution in [0.15, 0.2) is 60.7 Å². The number of rotatable bonds is 5. The highest BCUT2D eigenvalue weighted by Gasteiger charge is 2.39. The molecule has 22 heavy (non-hydrogen) atoms. The molecule has 0 radical (unpaired) electrons. The second-order valence-electron chi connectivity index (χ2n) is 5.08. The zero-order valence-electron chi connectivity index (χ0n) is 11.9. The first-order valence-electron chi connectivity index (χ1n) is 7.09. The minimum absolute atomic E-state index is 0.179. The van der Waals surface area contributed by atoms with Crippen molar-refractivity contribution in [2.75, 3.05) is 0 Å². The van der Waals surface area contributed by atoms with Gasteiger partial charge in [0.15, 0.2) is 0 Å². The Morgan fingerprint density at radius 1 is 0.909 bits per heavy atom. The maximum absolute atomic E-state index is 12.3. The summed E-state index contributed by atoms with van der Waals surface area (Å²) in [6.07, 6.45) is 0.455. The maximum Gasteiger partial charge on any atom is 0.349 e. The van der Waals surface area contributed by atoms with Crippen molar-refractivity contribution in [2.45, 2.75) is 19.1 Å². The lowest BCUT2D eigenvalue weighted by molar-refractivity contribution is -0.167. The number of amides is 3. The maximum atomic E-state index is 12.3. The molecule has 5 heteroatoms. The van der Waals surface area contributed by atoms with Crippen molar-refractivity contribution in [3.8, 4) is 0 Å². The van der Waals surface area contributed by atoms with E-state index >= 15 is 0 Å². The van der Waals surface area contributed by atoms with Crippen molar-refractivity contribution in [1.82, 2.24) is 10.4 Å². The highest BCUT2D eigenvalue weighted by molar-refractivity contribution is 6.03. The quantitative estimate of drug-likeness (QED) is 0.861. The summed E-state index contributed by atoms with van der Waals surface area (Å²) < 4.78 is 0. The molecule has 0 bridgehead atoms. The van der Waals surface area contributed by atoms with E-state index in [0.29, 0.717) is 6.42 Å². The highest BCUT2D eigenvalue weighted by Crippen LogP contribution is 2.14. The first-order chi connectivity index (χ1) is 10.7. The fraction of sp³-hybridized carbons (Fsp3) is 0.176. The Bertz CT molecular complexity index is 658. The van der Waals surface area contributed by atoms with Gasteiger partial charge in [-0.2, -0.15) is 0 Å². The largest absolute Gasteiger partial charge is 0.349 e. The predicted molar refractivity (Wildman–Crippen MR) is 80.5 cm³/mol. The number of carbonyl (C=O) groups is 2. The Hall–Kier alpha value is -2.66. The molecule has 112 valence electrons. The van der Waals surface area contributed by atoms with Crippen molar-refractivity contribution >= 4 is 11.9 Å². The Kier molecular flexibility index (Phi) is 4.16. The van der Waals surface area contributed by atoms with Gasteiger partial charge in [-0.05, 0) is 11.1 Å². The summed E-state index contributed by atoms with van der Waals surface area (Å²) in [6.45, 7) is 0.179. The molecular formula is C17H16N2O3. The number of benzene rings is 2. The number of hydrogen-bond acceptors (Lipinski definition) is 3. The second kappa shape index (κ2) is 6.41. The Morgan fingerprint density at radius 3 is 2.14 bits per heavy atom. The van der Waals surface area contributed by atoms with Crippen LogP contribution in [0, 0.1) is 0 Å². The summed E-state index contributed by atoms with van der Waals surface area (Å²) in [7, 11) is 0. The topological polar surface area (TPSA) is 58.6 Å². The zero-order valence-corrected chi connectivity index (χ0v) is 11.9. The van der Waals surface area contributed by atoms with E-state index < -0.39 is 12.1 Å². The number of imide groups is 1. The highest BCUT2D eigenvalue weighted by atomic mass is 16.7. The molecule has 1 atom stereocenters. The number of carbonyl (C=O) groups excluding carboxylic acids is 2. The van der Waals surface area contributed by atoms with Gasteiger partial charge in [-0.15, -0.1) is 5.06 Å². The zero-order chi connectivity index (χ0) is 15.4. The third-order valence-electron chi connectivity index (χ3n) is 3.47. The van der Waals surface area contributed by atoms with Gasteiger partial charge in [0.1, 0.15) is 12.6 Å². The van der Waals surface area contributed by atoms with Crippen LogP contribution in [0.25, 0.3) is 0 Å². The minimum Gasteiger partial charge on any atom is -0.324 e. The standard InChI is InChI=1S/C17H16N2O3/c20-16-15(11-13-7-3-1-4-8-13)18-17(21)19(16)22-12-14-9-5-2-6-10-14/h1-10,15H,11-12H2,(H,18,21)/t15-/m0/s1. The second-order valence-corrected chi connectivity index (χ2v) is 5.08. The molecule has 0 unspecified atom stereocenters. The third kappa shape index (κ3) is 3.15. The van der Waals surface area contributed by atoms with E-state index in [1.54, 1.807) is 0 Å². The molecule has 1 aliphatic heterocycles. The SMILES string of the molecule is O=C1N[C@@H](Cc2ccccc2)C(=O)N1OCc1ccccc1. The van der Waals surface area contributed by atoms with Crippen LogP contribution in [-0.4, -0.2) is 23.0 Å². The van der Waals surface area contributed by atoms with Crippen molar-refractivity contribution in [3.05, 3.63) is 71.8 Å². The summed E-state index contributed by atoms with van der Waals surface area (Å²) in [4.78, 5) is 29.5. The van der Waals surface area contributed by atoms with E-state index in [-0.39, 0.29) is 12.5 Å². The molecule has 2 aromatic rings. The number of urea groups is 1. The average Bonchev–Trinajstić information content (AvgIpc) is 2.81. The molecule has 5 nitrogen and oxygen atoms in total. The van der Waals surface area contributed by atoms with E-state index in [9.17, 15) is 9.59 Å². The molecule has 0 saturated carbocycles. The molecule has 0 aliphatic carbocycles. The molecule has 2 aromatic carbocycles. The minimum atomic E-state index is -0.578. The van der Waals surface area contributed by atoms with Gasteiger partial charge in [-0.3, -0.25) is 9.63 Å². The van der Waals surface area contributed by atoms with Gasteiger partial charge >= 0.3 is 6.03 Å². The van der Waals surface area contributed by atoms with E-state index in [1.807, 2.05) is 60.7 Å². The van der Waals surface area contributed by atoms with E-state index in [2.05, 4.69) is 5.32 Å². The van der Waals surface area contributed by atoms with E-state index in [1.165, 1.54) is 0 Å². The Morgan fingerprint density at radius 2 is 1.50 bits per heavy atom. The molecule has 3 amide bonds. The molecule has 1 heterocycles. The normalized spacial score (nSPS) is 17.6. The van der Waals surface area contributed by atoms with Crippen LogP contribution in [0.1, 0.15) is 11.1 Å². The number of hydrogen-bond donors (Lipinski definition) is 1. The molecule has 1 aliphatic rings. The van der Waals surface area contributed by atoms with Crippen LogP contribution in [0.2, 0.25) is 0 Å². The average molecular weight is 296 g/mol. The lowest BCUT2D eigenvalue weighted by Crippen LogP contribution is -2.32. The van der Waals surface area contributed by atoms with Crippen LogP contribution < -0.4 is 5.32 Å². The van der Waals surface area contributed by atoms with Crippen LogP contribution in [-0.2, 0) is 22.7 Å². The lowest BCUT2D eigenvalue weighted by atomic mass is 10.1. The lowest BCUT2D eigenvalue weighted by Gasteiger charge is -2.12. The smallest absolute Gasteiger partial charge is 0.324 e. The molecule has 1 N–H and O–H groups in total. The van der Waals surface area contributed by atoms with Crippen LogP contribution in [0.5, 0.6) is 0 Å². The van der Waals surface area contributed by atoms with Crippen LogP contribution in [0.3, 0.4) is 0 Å². The van der Waals surface area contributed by atoms with E-state index in [4.69, 9.17) is 4.84 Å². The van der Waals surface area contributed by atoms with Gasteiger partial charge in [-0.25, -0.2) is 4.79 Å². The summed E-state index contributed by atoms with van der Waals surface area (Å²) in [5.74, 6) is -0.357. The molecule has 1 fully saturated rings. The van der Waals surface area contributed by atoms with Gasteiger partial charge in [0.05, 0.1) is 0 Å². The molecule has 0 spiro atoms. The summed E-state index contributed by atoms with van der Waals surface area (Å²) >= 11 is 0. The predicted octanol–water partition coefficient (Wildman–Crippen LogP) is 2.28. The Labute approximate surface area is 128 Å². The van der Waals surface area contributed by atoms with Crippen LogP contribution >= 0.6 is 0 Å². The van der Waals surface area contributed by atoms with Gasteiger partial charge < -0.3 is 5.32 Å². The van der Waals surface area contributed by atoms with Gasteiger partial charge in [-0.1, -0.05) is 60.7 Å². The third-order valence-corrected chi connectivity index (χ3v) is 3.47. The summed E-state index contributed by atoms with van der Waals surface area (Å²) in [5, 5.41) is 3.47. The molecule has 3 rings (SSSR count). The van der Waals surface area contributed by atoms with Crippen molar-refractivity contribution < 1.29 is 14.4 Å². The van der Waals surface area contributed by atoms with Gasteiger partial charge in [0.2, 0.25) is 0 Å². The fourth-order valence-electron chi connectivity index (χ4n) is 2.33. The number of nitrogens with one attached hydrogen (secondary N) is 1. The molecular weight excluding hydrogens is 280 g/mol. The molecule has 0 aromatic heterocycles. The first kappa shape index (κ1) is 14.3. The Balaban J connectivity index is 1.62. The first-order valence-corrected chi connectivity index (χ1v) is 7.09. The van der Waals surface area contributed by atoms with Crippen molar-refractivity contribution in [1.29, 1.82) is 0 Å². The number of nitrogens with zero attached hydrogens (tertiary/aromatic N) is 1. The summed E-state index contributed by atoms with van der Waals surface area (Å²) in [6, 6.07) is 17.9. The monoisotopic (exact) mass is 296 g/mol. The van der Waals surface area contributed by atoms with E-state index in [0.717, 1.165) is 16.2 Å². The summed E-state index contributed by atoms with van der Waals surface area (Å²) in [5.41, 5.74) is 1.89.